The number of aromatic nitrogens is 3. The molecule has 0 spiro atoms. The van der Waals surface area contributed by atoms with Crippen molar-refractivity contribution in [2.75, 3.05) is 6.61 Å². The van der Waals surface area contributed by atoms with Gasteiger partial charge in [-0.2, -0.15) is 5.10 Å². The summed E-state index contributed by atoms with van der Waals surface area (Å²) < 4.78 is 7.37. The molecule has 2 aromatic heterocycles. The van der Waals surface area contributed by atoms with E-state index in [1.54, 1.807) is 4.68 Å². The summed E-state index contributed by atoms with van der Waals surface area (Å²) >= 11 is 0. The van der Waals surface area contributed by atoms with Crippen LogP contribution in [0.15, 0.2) is 60.7 Å². The summed E-state index contributed by atoms with van der Waals surface area (Å²) in [5.41, 5.74) is 5.20. The smallest absolute Gasteiger partial charge is 0.252 e. The first-order chi connectivity index (χ1) is 16.0. The van der Waals surface area contributed by atoms with E-state index in [9.17, 15) is 4.79 Å². The fourth-order valence-corrected chi connectivity index (χ4v) is 4.37. The van der Waals surface area contributed by atoms with Gasteiger partial charge in [-0.1, -0.05) is 42.5 Å². The molecule has 33 heavy (non-hydrogen) atoms. The molecule has 6 heteroatoms. The zero-order valence-electron chi connectivity index (χ0n) is 19.2. The topological polar surface area (TPSA) is 69.0 Å². The molecule has 168 valence electrons. The molecule has 5 rings (SSSR count). The van der Waals surface area contributed by atoms with E-state index >= 15 is 0 Å². The highest BCUT2D eigenvalue weighted by molar-refractivity contribution is 6.06. The van der Waals surface area contributed by atoms with Gasteiger partial charge in [-0.25, -0.2) is 4.98 Å². The van der Waals surface area contributed by atoms with Crippen molar-refractivity contribution in [1.82, 2.24) is 20.1 Å². The Morgan fingerprint density at radius 3 is 2.48 bits per heavy atom. The minimum Gasteiger partial charge on any atom is -0.494 e. The quantitative estimate of drug-likeness (QED) is 0.436. The molecule has 0 bridgehead atoms. The third kappa shape index (κ3) is 4.21. The highest BCUT2D eigenvalue weighted by Crippen LogP contribution is 2.40. The standard InChI is InChI=1S/C27H28N4O2/c1-4-33-21-14-12-20(13-15-21)25(19-8-6-5-7-9-19)29-27(32)22-16-23(18-10-11-18)28-26-24(22)17(2)30-31(26)3/h5-9,12-16,18,25H,4,10-11H2,1-3H3,(H,29,32). The van der Waals surface area contributed by atoms with E-state index in [-0.39, 0.29) is 11.9 Å². The van der Waals surface area contributed by atoms with Gasteiger partial charge in [0.1, 0.15) is 5.75 Å². The predicted octanol–water partition coefficient (Wildman–Crippen LogP) is 5.07. The van der Waals surface area contributed by atoms with Crippen molar-refractivity contribution in [3.8, 4) is 5.75 Å². The van der Waals surface area contributed by atoms with Crippen molar-refractivity contribution >= 4 is 16.9 Å². The van der Waals surface area contributed by atoms with Gasteiger partial charge in [-0.15, -0.1) is 0 Å². The van der Waals surface area contributed by atoms with Crippen LogP contribution in [0.1, 0.15) is 64.6 Å². The van der Waals surface area contributed by atoms with E-state index in [1.165, 1.54) is 0 Å². The zero-order chi connectivity index (χ0) is 22.9. The molecule has 0 saturated heterocycles. The Morgan fingerprint density at radius 1 is 1.12 bits per heavy atom. The van der Waals surface area contributed by atoms with Crippen LogP contribution in [0, 0.1) is 6.92 Å². The van der Waals surface area contributed by atoms with Gasteiger partial charge in [0.2, 0.25) is 0 Å². The summed E-state index contributed by atoms with van der Waals surface area (Å²) in [4.78, 5) is 18.6. The van der Waals surface area contributed by atoms with E-state index in [0.29, 0.717) is 18.1 Å². The molecule has 1 amide bonds. The van der Waals surface area contributed by atoms with Crippen LogP contribution >= 0.6 is 0 Å². The summed E-state index contributed by atoms with van der Waals surface area (Å²) in [5.74, 6) is 1.13. The summed E-state index contributed by atoms with van der Waals surface area (Å²) in [7, 11) is 1.88. The van der Waals surface area contributed by atoms with Gasteiger partial charge < -0.3 is 10.1 Å². The molecule has 2 heterocycles. The van der Waals surface area contributed by atoms with Crippen LogP contribution < -0.4 is 10.1 Å². The number of carbonyl (C=O) groups is 1. The Labute approximate surface area is 193 Å². The molecule has 6 nitrogen and oxygen atoms in total. The van der Waals surface area contributed by atoms with E-state index < -0.39 is 0 Å². The van der Waals surface area contributed by atoms with Crippen LogP contribution in [0.2, 0.25) is 0 Å². The molecule has 2 aromatic carbocycles. The number of benzene rings is 2. The largest absolute Gasteiger partial charge is 0.494 e. The highest BCUT2D eigenvalue weighted by Gasteiger charge is 2.29. The molecule has 0 aliphatic heterocycles. The third-order valence-corrected chi connectivity index (χ3v) is 6.16. The van der Waals surface area contributed by atoms with E-state index in [0.717, 1.165) is 52.1 Å². The van der Waals surface area contributed by atoms with Crippen molar-refractivity contribution in [2.45, 2.75) is 38.6 Å². The first-order valence-electron chi connectivity index (χ1n) is 11.5. The molecular formula is C27H28N4O2. The second-order valence-corrected chi connectivity index (χ2v) is 8.60. The minimum atomic E-state index is -0.293. The number of amides is 1. The molecule has 1 saturated carbocycles. The van der Waals surface area contributed by atoms with Gasteiger partial charge in [0.25, 0.3) is 5.91 Å². The number of rotatable bonds is 7. The maximum absolute atomic E-state index is 13.7. The number of aryl methyl sites for hydroxylation is 2. The lowest BCUT2D eigenvalue weighted by Crippen LogP contribution is -2.29. The molecule has 1 N–H and O–H groups in total. The van der Waals surface area contributed by atoms with Gasteiger partial charge in [-0.05, 0) is 56.0 Å². The number of pyridine rings is 1. The summed E-state index contributed by atoms with van der Waals surface area (Å²) in [6, 6.07) is 19.6. The lowest BCUT2D eigenvalue weighted by molar-refractivity contribution is 0.0944. The molecular weight excluding hydrogens is 412 g/mol. The molecule has 1 atom stereocenters. The number of nitrogens with one attached hydrogen (secondary N) is 1. The number of carbonyl (C=O) groups excluding carboxylic acids is 1. The van der Waals surface area contributed by atoms with Gasteiger partial charge in [-0.3, -0.25) is 9.48 Å². The Balaban J connectivity index is 1.55. The van der Waals surface area contributed by atoms with E-state index in [1.807, 2.05) is 81.6 Å². The summed E-state index contributed by atoms with van der Waals surface area (Å²) in [5, 5.41) is 8.64. The number of hydrogen-bond donors (Lipinski definition) is 1. The molecule has 1 aliphatic rings. The van der Waals surface area contributed by atoms with Crippen LogP contribution in [0.25, 0.3) is 11.0 Å². The van der Waals surface area contributed by atoms with Crippen molar-refractivity contribution < 1.29 is 9.53 Å². The van der Waals surface area contributed by atoms with Crippen molar-refractivity contribution in [3.63, 3.8) is 0 Å². The van der Waals surface area contributed by atoms with Crippen LogP contribution in [0.4, 0.5) is 0 Å². The maximum atomic E-state index is 13.7. The number of fused-ring (bicyclic) bond motifs is 1. The number of nitrogens with zero attached hydrogens (tertiary/aromatic N) is 3. The van der Waals surface area contributed by atoms with Crippen LogP contribution in [0.3, 0.4) is 0 Å². The van der Waals surface area contributed by atoms with Gasteiger partial charge in [0, 0.05) is 18.7 Å². The SMILES string of the molecule is CCOc1ccc(C(NC(=O)c2cc(C3CC3)nc3c2c(C)nn3C)c2ccccc2)cc1. The molecule has 4 aromatic rings. The normalized spacial score (nSPS) is 14.3. The second kappa shape index (κ2) is 8.70. The Hall–Kier alpha value is -3.67. The van der Waals surface area contributed by atoms with Gasteiger partial charge >= 0.3 is 0 Å². The minimum absolute atomic E-state index is 0.122. The average Bonchev–Trinajstić information content (AvgIpc) is 3.64. The van der Waals surface area contributed by atoms with Crippen molar-refractivity contribution in [3.05, 3.63) is 88.7 Å². The van der Waals surface area contributed by atoms with E-state index in [2.05, 4.69) is 10.4 Å². The third-order valence-electron chi connectivity index (χ3n) is 6.16. The fraction of sp³-hybridized carbons (Fsp3) is 0.296. The van der Waals surface area contributed by atoms with Gasteiger partial charge in [0.05, 0.1) is 29.3 Å². The second-order valence-electron chi connectivity index (χ2n) is 8.60. The fourth-order valence-electron chi connectivity index (χ4n) is 4.37. The monoisotopic (exact) mass is 440 g/mol. The van der Waals surface area contributed by atoms with Crippen molar-refractivity contribution in [2.24, 2.45) is 7.05 Å². The first-order valence-corrected chi connectivity index (χ1v) is 11.5. The first kappa shape index (κ1) is 21.2. The Bertz CT molecular complexity index is 1290. The summed E-state index contributed by atoms with van der Waals surface area (Å²) in [6.07, 6.45) is 2.24. The molecule has 1 aliphatic carbocycles. The number of ether oxygens (including phenoxy) is 1. The zero-order valence-corrected chi connectivity index (χ0v) is 19.2. The highest BCUT2D eigenvalue weighted by atomic mass is 16.5. The Morgan fingerprint density at radius 2 is 1.82 bits per heavy atom. The van der Waals surface area contributed by atoms with Crippen LogP contribution in [-0.2, 0) is 7.05 Å². The lowest BCUT2D eigenvalue weighted by atomic mass is 9.97. The maximum Gasteiger partial charge on any atom is 0.252 e. The molecule has 1 unspecified atom stereocenters. The predicted molar refractivity (Wildman–Crippen MR) is 129 cm³/mol. The summed E-state index contributed by atoms with van der Waals surface area (Å²) in [6.45, 7) is 4.51. The average molecular weight is 441 g/mol. The Kier molecular flexibility index (Phi) is 5.58. The van der Waals surface area contributed by atoms with Gasteiger partial charge in [0.15, 0.2) is 5.65 Å². The van der Waals surface area contributed by atoms with Crippen LogP contribution in [-0.4, -0.2) is 27.3 Å². The van der Waals surface area contributed by atoms with E-state index in [4.69, 9.17) is 9.72 Å². The van der Waals surface area contributed by atoms with Crippen molar-refractivity contribution in [1.29, 1.82) is 0 Å². The molecule has 1 fully saturated rings. The van der Waals surface area contributed by atoms with Crippen LogP contribution in [0.5, 0.6) is 5.75 Å². The number of hydrogen-bond acceptors (Lipinski definition) is 4. The molecule has 0 radical (unpaired) electrons. The lowest BCUT2D eigenvalue weighted by Gasteiger charge is -2.21.